The summed E-state index contributed by atoms with van der Waals surface area (Å²) >= 11 is 0. The summed E-state index contributed by atoms with van der Waals surface area (Å²) in [7, 11) is 0. The molecule has 14 rings (SSSR count). The fourth-order valence-corrected chi connectivity index (χ4v) is 10.9. The minimum Gasteiger partial charge on any atom is -0.455 e. The molecule has 0 aliphatic heterocycles. The van der Waals surface area contributed by atoms with Gasteiger partial charge >= 0.3 is 0 Å². The van der Waals surface area contributed by atoms with Gasteiger partial charge in [0.25, 0.3) is 0 Å². The van der Waals surface area contributed by atoms with E-state index < -0.39 is 0 Å². The average molecular weight is 879 g/mol. The van der Waals surface area contributed by atoms with Crippen molar-refractivity contribution in [2.45, 2.75) is 0 Å². The Morgan fingerprint density at radius 3 is 1.59 bits per heavy atom. The fraction of sp³-hybridized carbons (Fsp3) is 0. The van der Waals surface area contributed by atoms with Crippen LogP contribution in [0.25, 0.3) is 115 Å². The van der Waals surface area contributed by atoms with E-state index in [1.54, 1.807) is 0 Å². The van der Waals surface area contributed by atoms with E-state index in [4.69, 9.17) is 4.42 Å². The van der Waals surface area contributed by atoms with Crippen LogP contribution in [0.3, 0.4) is 0 Å². The predicted octanol–water partition coefficient (Wildman–Crippen LogP) is 18.6. The van der Waals surface area contributed by atoms with Crippen LogP contribution < -0.4 is 4.90 Å². The highest BCUT2D eigenvalue weighted by Crippen LogP contribution is 2.43. The third-order valence-corrected chi connectivity index (χ3v) is 14.2. The molecule has 0 amide bonds. The van der Waals surface area contributed by atoms with Crippen LogP contribution in [0.15, 0.2) is 259 Å². The van der Waals surface area contributed by atoms with Gasteiger partial charge in [-0.15, -0.1) is 0 Å². The fourth-order valence-electron chi connectivity index (χ4n) is 10.9. The van der Waals surface area contributed by atoms with Crippen LogP contribution in [0.4, 0.5) is 17.1 Å². The lowest BCUT2D eigenvalue weighted by atomic mass is 9.93. The first-order chi connectivity index (χ1) is 34.2. The summed E-state index contributed by atoms with van der Waals surface area (Å²) in [6, 6.07) is 92.4. The minimum atomic E-state index is 0.901. The average Bonchev–Trinajstić information content (AvgIpc) is 3.98. The lowest BCUT2D eigenvalue weighted by molar-refractivity contribution is 0.670. The van der Waals surface area contributed by atoms with Crippen molar-refractivity contribution in [3.8, 4) is 39.1 Å². The zero-order valence-corrected chi connectivity index (χ0v) is 37.6. The van der Waals surface area contributed by atoms with E-state index in [0.29, 0.717) is 0 Å². The van der Waals surface area contributed by atoms with Crippen molar-refractivity contribution >= 4 is 93.1 Å². The summed E-state index contributed by atoms with van der Waals surface area (Å²) < 4.78 is 8.91. The lowest BCUT2D eigenvalue weighted by Gasteiger charge is -2.26. The largest absolute Gasteiger partial charge is 0.455 e. The Hall–Kier alpha value is -9.18. The minimum absolute atomic E-state index is 0.901. The van der Waals surface area contributed by atoms with Crippen LogP contribution in [0.5, 0.6) is 0 Å². The highest BCUT2D eigenvalue weighted by molar-refractivity contribution is 6.19. The maximum absolute atomic E-state index is 6.47. The Morgan fingerprint density at radius 1 is 0.304 bits per heavy atom. The lowest BCUT2D eigenvalue weighted by Crippen LogP contribution is -2.09. The van der Waals surface area contributed by atoms with Gasteiger partial charge in [-0.25, -0.2) is 0 Å². The number of anilines is 3. The molecule has 0 bridgehead atoms. The van der Waals surface area contributed by atoms with E-state index in [0.717, 1.165) is 61.4 Å². The molecule has 0 saturated heterocycles. The van der Waals surface area contributed by atoms with Crippen molar-refractivity contribution in [1.29, 1.82) is 0 Å². The van der Waals surface area contributed by atoms with Crippen LogP contribution in [-0.4, -0.2) is 4.57 Å². The zero-order chi connectivity index (χ0) is 45.4. The molecule has 0 N–H and O–H groups in total. The number of para-hydroxylation sites is 3. The van der Waals surface area contributed by atoms with Gasteiger partial charge in [0.2, 0.25) is 0 Å². The molecule has 0 fully saturated rings. The van der Waals surface area contributed by atoms with Crippen molar-refractivity contribution in [3.05, 3.63) is 255 Å². The normalized spacial score (nSPS) is 11.8. The van der Waals surface area contributed by atoms with E-state index >= 15 is 0 Å². The number of fused-ring (bicyclic) bond motifs is 11. The van der Waals surface area contributed by atoms with Gasteiger partial charge in [-0.1, -0.05) is 188 Å². The molecule has 2 aromatic heterocycles. The third kappa shape index (κ3) is 6.36. The molecule has 12 aromatic carbocycles. The first-order valence-corrected chi connectivity index (χ1v) is 23.7. The maximum atomic E-state index is 6.47. The predicted molar refractivity (Wildman–Crippen MR) is 292 cm³/mol. The summed E-state index contributed by atoms with van der Waals surface area (Å²) in [6.45, 7) is 0. The van der Waals surface area contributed by atoms with Gasteiger partial charge < -0.3 is 13.9 Å². The highest BCUT2D eigenvalue weighted by Gasteiger charge is 2.19. The number of furan rings is 1. The van der Waals surface area contributed by atoms with Gasteiger partial charge in [-0.2, -0.15) is 0 Å². The van der Waals surface area contributed by atoms with E-state index in [9.17, 15) is 0 Å². The topological polar surface area (TPSA) is 21.3 Å². The number of nitrogens with zero attached hydrogens (tertiary/aromatic N) is 2. The molecule has 3 nitrogen and oxygen atoms in total. The molecule has 14 aromatic rings. The second-order valence-corrected chi connectivity index (χ2v) is 18.0. The van der Waals surface area contributed by atoms with Crippen LogP contribution in [0.2, 0.25) is 0 Å². The Balaban J connectivity index is 0.883. The number of aromatic nitrogens is 1. The summed E-state index contributed by atoms with van der Waals surface area (Å²) in [6.07, 6.45) is 0. The van der Waals surface area contributed by atoms with E-state index in [1.165, 1.54) is 70.8 Å². The van der Waals surface area contributed by atoms with E-state index in [2.05, 4.69) is 252 Å². The summed E-state index contributed by atoms with van der Waals surface area (Å²) in [4.78, 5) is 2.36. The number of hydrogen-bond acceptors (Lipinski definition) is 2. The Kier molecular flexibility index (Phi) is 8.90. The first-order valence-electron chi connectivity index (χ1n) is 23.7. The van der Waals surface area contributed by atoms with Crippen molar-refractivity contribution in [2.24, 2.45) is 0 Å². The summed E-state index contributed by atoms with van der Waals surface area (Å²) in [5.41, 5.74) is 15.5. The SMILES string of the molecule is c1ccc(-n2c3cc(-c4ccc(N(c5ccc(-c6cc7ccccc7c7ccccc67)cc5)c5ccc(-c6cccc7c6oc6ccccc67)cc5)cc4)ccc3c3ccc4ccccc4c32)cc1. The van der Waals surface area contributed by atoms with Crippen molar-refractivity contribution in [3.63, 3.8) is 0 Å². The molecule has 0 aliphatic rings. The monoisotopic (exact) mass is 878 g/mol. The molecule has 0 unspecified atom stereocenters. The Labute approximate surface area is 399 Å². The van der Waals surface area contributed by atoms with Gasteiger partial charge in [0.15, 0.2) is 0 Å². The van der Waals surface area contributed by atoms with Gasteiger partial charge in [0, 0.05) is 55.2 Å². The quantitative estimate of drug-likeness (QED) is 0.149. The van der Waals surface area contributed by atoms with Crippen LogP contribution >= 0.6 is 0 Å². The molecular formula is C66H42N2O. The molecule has 2 heterocycles. The zero-order valence-electron chi connectivity index (χ0n) is 37.6. The standard InChI is InChI=1S/C66H42N2O/c1-2-15-49(16-3-1)68-63-42-47(32-39-58(63)60-40-31-44-13-4-7-18-54(44)65(60)68)43-25-33-50(34-26-43)67(51-35-27-45(28-36-51)55-22-12-23-61-59-21-10-11-24-64(59)69-66(55)61)52-37-29-46(30-38-52)62-41-48-14-5-6-17-53(48)56-19-8-9-20-57(56)62/h1-42H. The number of rotatable bonds is 7. The van der Waals surface area contributed by atoms with Gasteiger partial charge in [0.05, 0.1) is 11.0 Å². The number of benzene rings is 12. The molecule has 0 aliphatic carbocycles. The molecule has 0 saturated carbocycles. The van der Waals surface area contributed by atoms with Crippen LogP contribution in [0.1, 0.15) is 0 Å². The Bertz CT molecular complexity index is 4280. The summed E-state index contributed by atoms with van der Waals surface area (Å²) in [5.74, 6) is 0. The van der Waals surface area contributed by atoms with Crippen LogP contribution in [-0.2, 0) is 0 Å². The number of hydrogen-bond donors (Lipinski definition) is 0. The first kappa shape index (κ1) is 39.0. The second kappa shape index (κ2) is 15.7. The molecule has 3 heteroatoms. The summed E-state index contributed by atoms with van der Waals surface area (Å²) in [5, 5.41) is 12.3. The molecule has 0 spiro atoms. The smallest absolute Gasteiger partial charge is 0.143 e. The molecule has 0 radical (unpaired) electrons. The van der Waals surface area contributed by atoms with E-state index in [-0.39, 0.29) is 0 Å². The van der Waals surface area contributed by atoms with Gasteiger partial charge in [0.1, 0.15) is 11.2 Å². The van der Waals surface area contributed by atoms with Gasteiger partial charge in [-0.3, -0.25) is 0 Å². The second-order valence-electron chi connectivity index (χ2n) is 18.0. The van der Waals surface area contributed by atoms with E-state index in [1.807, 2.05) is 12.1 Å². The van der Waals surface area contributed by atoms with Crippen molar-refractivity contribution in [1.82, 2.24) is 4.57 Å². The third-order valence-electron chi connectivity index (χ3n) is 14.2. The van der Waals surface area contributed by atoms with Crippen molar-refractivity contribution < 1.29 is 4.42 Å². The molecule has 0 atom stereocenters. The molecule has 322 valence electrons. The van der Waals surface area contributed by atoms with Crippen molar-refractivity contribution in [2.75, 3.05) is 4.90 Å². The van der Waals surface area contributed by atoms with Gasteiger partial charge in [-0.05, 0) is 121 Å². The molecule has 69 heavy (non-hydrogen) atoms. The maximum Gasteiger partial charge on any atom is 0.143 e. The molecular weight excluding hydrogens is 837 g/mol. The Morgan fingerprint density at radius 2 is 0.855 bits per heavy atom. The van der Waals surface area contributed by atoms with Crippen LogP contribution in [0, 0.1) is 0 Å². The highest BCUT2D eigenvalue weighted by atomic mass is 16.3.